The number of aliphatic hydroxyl groups excluding tert-OH is 1. The molecular weight excluding hydrogens is 216 g/mol. The largest absolute Gasteiger partial charge is 0.508 e. The minimum absolute atomic E-state index is 0.0271. The molecule has 0 saturated carbocycles. The zero-order valence-electron chi connectivity index (χ0n) is 7.81. The van der Waals surface area contributed by atoms with E-state index < -0.39 is 0 Å². The van der Waals surface area contributed by atoms with Gasteiger partial charge in [0.05, 0.1) is 12.1 Å². The van der Waals surface area contributed by atoms with Crippen molar-refractivity contribution in [1.82, 2.24) is 9.97 Å². The van der Waals surface area contributed by atoms with Crippen molar-refractivity contribution in [1.29, 1.82) is 0 Å². The molecule has 0 bridgehead atoms. The normalized spacial score (nSPS) is 10.8. The zero-order chi connectivity index (χ0) is 10.8. The van der Waals surface area contributed by atoms with Crippen LogP contribution in [0.1, 0.15) is 5.82 Å². The van der Waals surface area contributed by atoms with Gasteiger partial charge in [-0.3, -0.25) is 0 Å². The summed E-state index contributed by atoms with van der Waals surface area (Å²) < 4.78 is 0. The Labute approximate surface area is 91.2 Å². The van der Waals surface area contributed by atoms with E-state index in [2.05, 4.69) is 9.97 Å². The third kappa shape index (κ3) is 2.00. The molecule has 15 heavy (non-hydrogen) atoms. The van der Waals surface area contributed by atoms with Crippen molar-refractivity contribution >= 4 is 22.5 Å². The van der Waals surface area contributed by atoms with Crippen molar-refractivity contribution in [2.24, 2.45) is 0 Å². The van der Waals surface area contributed by atoms with Crippen LogP contribution < -0.4 is 0 Å². The van der Waals surface area contributed by atoms with Crippen LogP contribution in [0.4, 0.5) is 0 Å². The number of phenolic OH excluding ortho intramolecular Hbond substituents is 1. The maximum atomic E-state index is 9.29. The quantitative estimate of drug-likeness (QED) is 0.760. The van der Waals surface area contributed by atoms with Crippen molar-refractivity contribution in [3.05, 3.63) is 29.2 Å². The summed E-state index contributed by atoms with van der Waals surface area (Å²) in [5.74, 6) is 0.604. The first-order valence-corrected chi connectivity index (χ1v) is 4.84. The van der Waals surface area contributed by atoms with E-state index in [1.165, 1.54) is 12.1 Å². The molecule has 2 rings (SSSR count). The van der Waals surface area contributed by atoms with Crippen molar-refractivity contribution in [3.8, 4) is 5.75 Å². The van der Waals surface area contributed by atoms with E-state index in [1.807, 2.05) is 0 Å². The maximum absolute atomic E-state index is 9.29. The molecule has 0 atom stereocenters. The highest BCUT2D eigenvalue weighted by molar-refractivity contribution is 6.34. The van der Waals surface area contributed by atoms with Gasteiger partial charge >= 0.3 is 0 Å². The minimum Gasteiger partial charge on any atom is -0.508 e. The first-order chi connectivity index (χ1) is 7.20. The summed E-state index contributed by atoms with van der Waals surface area (Å²) in [6, 6.07) is 4.71. The number of hydrogen-bond acceptors (Lipinski definition) is 4. The molecule has 2 aromatic rings. The molecule has 0 spiro atoms. The van der Waals surface area contributed by atoms with Crippen molar-refractivity contribution < 1.29 is 10.2 Å². The van der Waals surface area contributed by atoms with Gasteiger partial charge in [-0.15, -0.1) is 0 Å². The number of aliphatic hydroxyl groups is 1. The third-order valence-electron chi connectivity index (χ3n) is 2.02. The molecule has 0 saturated heterocycles. The first-order valence-electron chi connectivity index (χ1n) is 4.46. The van der Waals surface area contributed by atoms with Crippen molar-refractivity contribution in [3.63, 3.8) is 0 Å². The van der Waals surface area contributed by atoms with Crippen LogP contribution in [0.15, 0.2) is 18.2 Å². The van der Waals surface area contributed by atoms with Gasteiger partial charge in [-0.2, -0.15) is 0 Å². The number of halogens is 1. The molecule has 4 nitrogen and oxygen atoms in total. The van der Waals surface area contributed by atoms with Crippen LogP contribution in [0, 0.1) is 0 Å². The summed E-state index contributed by atoms with van der Waals surface area (Å²) >= 11 is 5.94. The van der Waals surface area contributed by atoms with E-state index in [0.29, 0.717) is 28.3 Å². The van der Waals surface area contributed by atoms with Crippen LogP contribution in [-0.2, 0) is 6.42 Å². The highest BCUT2D eigenvalue weighted by Gasteiger charge is 2.06. The predicted octanol–water partition coefficient (Wildman–Crippen LogP) is 1.52. The lowest BCUT2D eigenvalue weighted by Crippen LogP contribution is -1.99. The molecule has 0 aliphatic heterocycles. The number of benzene rings is 1. The Morgan fingerprint density at radius 2 is 2.07 bits per heavy atom. The average Bonchev–Trinajstić information content (AvgIpc) is 2.17. The van der Waals surface area contributed by atoms with Crippen LogP contribution in [0.25, 0.3) is 10.9 Å². The van der Waals surface area contributed by atoms with Gasteiger partial charge in [0.25, 0.3) is 0 Å². The topological polar surface area (TPSA) is 66.2 Å². The molecule has 5 heteroatoms. The van der Waals surface area contributed by atoms with E-state index >= 15 is 0 Å². The summed E-state index contributed by atoms with van der Waals surface area (Å²) in [6.07, 6.45) is 0.352. The molecule has 78 valence electrons. The van der Waals surface area contributed by atoms with Gasteiger partial charge < -0.3 is 10.2 Å². The van der Waals surface area contributed by atoms with E-state index in [0.717, 1.165) is 0 Å². The summed E-state index contributed by atoms with van der Waals surface area (Å²) in [4.78, 5) is 8.20. The van der Waals surface area contributed by atoms with Crippen LogP contribution in [0.3, 0.4) is 0 Å². The van der Waals surface area contributed by atoms with Crippen LogP contribution in [0.2, 0.25) is 5.15 Å². The molecule has 1 aromatic heterocycles. The fourth-order valence-corrected chi connectivity index (χ4v) is 1.59. The van der Waals surface area contributed by atoms with Gasteiger partial charge in [0.15, 0.2) is 0 Å². The number of aromatic hydroxyl groups is 1. The molecule has 0 amide bonds. The van der Waals surface area contributed by atoms with Gasteiger partial charge in [0.2, 0.25) is 0 Å². The molecular formula is C10H9ClN2O2. The van der Waals surface area contributed by atoms with Gasteiger partial charge in [-0.1, -0.05) is 11.6 Å². The Morgan fingerprint density at radius 3 is 2.80 bits per heavy atom. The van der Waals surface area contributed by atoms with Gasteiger partial charge in [-0.25, -0.2) is 9.97 Å². The molecule has 0 radical (unpaired) electrons. The number of phenols is 1. The highest BCUT2D eigenvalue weighted by atomic mass is 35.5. The Hall–Kier alpha value is -1.39. The lowest BCUT2D eigenvalue weighted by Gasteiger charge is -2.03. The number of aromatic nitrogens is 2. The van der Waals surface area contributed by atoms with Gasteiger partial charge in [0.1, 0.15) is 16.7 Å². The molecule has 0 unspecified atom stereocenters. The average molecular weight is 225 g/mol. The molecule has 0 aliphatic rings. The number of fused-ring (bicyclic) bond motifs is 1. The summed E-state index contributed by atoms with van der Waals surface area (Å²) in [7, 11) is 0. The summed E-state index contributed by atoms with van der Waals surface area (Å²) in [5.41, 5.74) is 0.582. The van der Waals surface area contributed by atoms with Crippen LogP contribution >= 0.6 is 11.6 Å². The zero-order valence-corrected chi connectivity index (χ0v) is 8.57. The third-order valence-corrected chi connectivity index (χ3v) is 2.30. The highest BCUT2D eigenvalue weighted by Crippen LogP contribution is 2.23. The summed E-state index contributed by atoms with van der Waals surface area (Å²) in [6.45, 7) is -0.0271. The molecule has 1 heterocycles. The second kappa shape index (κ2) is 4.00. The van der Waals surface area contributed by atoms with Gasteiger partial charge in [0, 0.05) is 17.9 Å². The lowest BCUT2D eigenvalue weighted by atomic mass is 10.2. The maximum Gasteiger partial charge on any atom is 0.140 e. The number of rotatable bonds is 2. The van der Waals surface area contributed by atoms with Gasteiger partial charge in [-0.05, 0) is 12.1 Å². The van der Waals surface area contributed by atoms with E-state index in [9.17, 15) is 5.11 Å². The van der Waals surface area contributed by atoms with E-state index in [-0.39, 0.29) is 12.4 Å². The van der Waals surface area contributed by atoms with Crippen molar-refractivity contribution in [2.75, 3.05) is 6.61 Å². The molecule has 0 fully saturated rings. The number of hydrogen-bond donors (Lipinski definition) is 2. The summed E-state index contributed by atoms with van der Waals surface area (Å²) in [5, 5.41) is 19.1. The lowest BCUT2D eigenvalue weighted by molar-refractivity contribution is 0.297. The Bertz CT molecular complexity index is 502. The molecule has 2 N–H and O–H groups in total. The molecule has 1 aromatic carbocycles. The fraction of sp³-hybridized carbons (Fsp3) is 0.200. The Kier molecular flexibility index (Phi) is 2.70. The Balaban J connectivity index is 2.63. The van der Waals surface area contributed by atoms with Crippen molar-refractivity contribution in [2.45, 2.75) is 6.42 Å². The monoisotopic (exact) mass is 224 g/mol. The first kappa shape index (κ1) is 10.1. The van der Waals surface area contributed by atoms with Crippen LogP contribution in [-0.4, -0.2) is 26.8 Å². The SMILES string of the molecule is OCCc1nc(Cl)c2ccc(O)cc2n1. The van der Waals surface area contributed by atoms with E-state index in [4.69, 9.17) is 16.7 Å². The number of nitrogens with zero attached hydrogens (tertiary/aromatic N) is 2. The van der Waals surface area contributed by atoms with Crippen LogP contribution in [0.5, 0.6) is 5.75 Å². The second-order valence-electron chi connectivity index (χ2n) is 3.11. The Morgan fingerprint density at radius 1 is 1.27 bits per heavy atom. The second-order valence-corrected chi connectivity index (χ2v) is 3.46. The molecule has 0 aliphatic carbocycles. The predicted molar refractivity (Wildman–Crippen MR) is 57.0 cm³/mol. The fourth-order valence-electron chi connectivity index (χ4n) is 1.34. The minimum atomic E-state index is -0.0271. The van der Waals surface area contributed by atoms with E-state index in [1.54, 1.807) is 6.07 Å². The smallest absolute Gasteiger partial charge is 0.140 e. The standard InChI is InChI=1S/C10H9ClN2O2/c11-10-7-2-1-6(15)5-8(7)12-9(13-10)3-4-14/h1-2,5,14-15H,3-4H2.